The van der Waals surface area contributed by atoms with Crippen LogP contribution < -0.4 is 0 Å². The minimum Gasteiger partial charge on any atom is -0.393 e. The molecule has 0 spiro atoms. The monoisotopic (exact) mass is 257 g/mol. The molecule has 1 saturated heterocycles. The van der Waals surface area contributed by atoms with E-state index in [1.54, 1.807) is 23.4 Å². The third-order valence-electron chi connectivity index (χ3n) is 3.48. The molecule has 0 unspecified atom stereocenters. The van der Waals surface area contributed by atoms with Gasteiger partial charge in [0.1, 0.15) is 5.52 Å². The molecule has 0 bridgehead atoms. The van der Waals surface area contributed by atoms with E-state index < -0.39 is 0 Å². The number of likely N-dealkylation sites (tertiary alicyclic amines) is 1. The normalized spacial score (nSPS) is 16.8. The Morgan fingerprint density at radius 1 is 1.21 bits per heavy atom. The highest BCUT2D eigenvalue weighted by Gasteiger charge is 2.23. The van der Waals surface area contributed by atoms with Crippen molar-refractivity contribution in [3.63, 3.8) is 0 Å². The number of carbonyl (C=O) groups excluding carboxylic acids is 1. The lowest BCUT2D eigenvalue weighted by Gasteiger charge is -2.29. The number of hydrogen-bond donors (Lipinski definition) is 1. The summed E-state index contributed by atoms with van der Waals surface area (Å²) in [4.78, 5) is 22.7. The summed E-state index contributed by atoms with van der Waals surface area (Å²) in [7, 11) is 0. The minimum atomic E-state index is -0.281. The molecule has 1 fully saturated rings. The Balaban J connectivity index is 1.93. The number of amides is 1. The van der Waals surface area contributed by atoms with Crippen LogP contribution in [0.3, 0.4) is 0 Å². The highest BCUT2D eigenvalue weighted by molar-refractivity contribution is 6.04. The zero-order valence-corrected chi connectivity index (χ0v) is 10.5. The van der Waals surface area contributed by atoms with E-state index in [2.05, 4.69) is 9.97 Å². The molecule has 0 saturated carbocycles. The van der Waals surface area contributed by atoms with Crippen molar-refractivity contribution >= 4 is 16.9 Å². The fourth-order valence-electron chi connectivity index (χ4n) is 2.40. The molecular formula is C14H15N3O2. The fraction of sp³-hybridized carbons (Fsp3) is 0.357. The second kappa shape index (κ2) is 4.93. The number of aliphatic hydroxyl groups excluding tert-OH is 1. The van der Waals surface area contributed by atoms with Gasteiger partial charge in [0.25, 0.3) is 5.91 Å². The molecule has 1 amide bonds. The van der Waals surface area contributed by atoms with E-state index in [0.29, 0.717) is 37.0 Å². The zero-order chi connectivity index (χ0) is 13.2. The van der Waals surface area contributed by atoms with Crippen molar-refractivity contribution in [3.8, 4) is 0 Å². The minimum absolute atomic E-state index is 0.0296. The smallest absolute Gasteiger partial charge is 0.256 e. The van der Waals surface area contributed by atoms with Crippen LogP contribution in [-0.4, -0.2) is 45.1 Å². The van der Waals surface area contributed by atoms with E-state index in [9.17, 15) is 9.90 Å². The molecule has 1 N–H and O–H groups in total. The molecule has 5 nitrogen and oxygen atoms in total. The third-order valence-corrected chi connectivity index (χ3v) is 3.48. The largest absolute Gasteiger partial charge is 0.393 e. The molecule has 5 heteroatoms. The summed E-state index contributed by atoms with van der Waals surface area (Å²) in [5.74, 6) is -0.0296. The summed E-state index contributed by atoms with van der Waals surface area (Å²) in [5.41, 5.74) is 1.95. The van der Waals surface area contributed by atoms with Gasteiger partial charge in [-0.05, 0) is 25.0 Å². The van der Waals surface area contributed by atoms with E-state index in [1.165, 1.54) is 0 Å². The van der Waals surface area contributed by atoms with Crippen LogP contribution in [0.1, 0.15) is 23.2 Å². The lowest BCUT2D eigenvalue weighted by Crippen LogP contribution is -2.40. The number of hydrogen-bond acceptors (Lipinski definition) is 4. The molecular weight excluding hydrogens is 242 g/mol. The van der Waals surface area contributed by atoms with Crippen LogP contribution in [-0.2, 0) is 0 Å². The van der Waals surface area contributed by atoms with Crippen molar-refractivity contribution < 1.29 is 9.90 Å². The van der Waals surface area contributed by atoms with Gasteiger partial charge in [0.05, 0.1) is 17.2 Å². The fourth-order valence-corrected chi connectivity index (χ4v) is 2.40. The Labute approximate surface area is 110 Å². The number of para-hydroxylation sites is 1. The highest BCUT2D eigenvalue weighted by atomic mass is 16.3. The number of carbonyl (C=O) groups is 1. The standard InChI is InChI=1S/C14H15N3O2/c18-10-4-8-17(9-5-10)14(19)11-2-1-3-12-13(11)16-7-6-15-12/h1-3,6-7,10,18H,4-5,8-9H2. The second-order valence-electron chi connectivity index (χ2n) is 4.75. The van der Waals surface area contributed by atoms with E-state index >= 15 is 0 Å². The quantitative estimate of drug-likeness (QED) is 0.834. The van der Waals surface area contributed by atoms with Gasteiger partial charge in [-0.2, -0.15) is 0 Å². The van der Waals surface area contributed by atoms with Crippen molar-refractivity contribution in [2.24, 2.45) is 0 Å². The number of nitrogens with zero attached hydrogens (tertiary/aromatic N) is 3. The third kappa shape index (κ3) is 2.29. The summed E-state index contributed by atoms with van der Waals surface area (Å²) in [6.07, 6.45) is 4.22. The maximum atomic E-state index is 12.5. The van der Waals surface area contributed by atoms with Gasteiger partial charge in [-0.1, -0.05) is 6.07 Å². The van der Waals surface area contributed by atoms with Crippen LogP contribution in [0.15, 0.2) is 30.6 Å². The molecule has 1 aromatic heterocycles. The number of piperidine rings is 1. The molecule has 98 valence electrons. The average molecular weight is 257 g/mol. The Morgan fingerprint density at radius 3 is 2.74 bits per heavy atom. The summed E-state index contributed by atoms with van der Waals surface area (Å²) in [6.45, 7) is 1.19. The van der Waals surface area contributed by atoms with Gasteiger partial charge < -0.3 is 10.0 Å². The highest BCUT2D eigenvalue weighted by Crippen LogP contribution is 2.18. The van der Waals surface area contributed by atoms with Gasteiger partial charge in [0.15, 0.2) is 0 Å². The first kappa shape index (κ1) is 12.0. The first-order valence-corrected chi connectivity index (χ1v) is 6.43. The van der Waals surface area contributed by atoms with Gasteiger partial charge in [-0.15, -0.1) is 0 Å². The SMILES string of the molecule is O=C(c1cccc2nccnc12)N1CCC(O)CC1. The Hall–Kier alpha value is -2.01. The molecule has 1 aliphatic rings. The Morgan fingerprint density at radius 2 is 1.95 bits per heavy atom. The van der Waals surface area contributed by atoms with Crippen LogP contribution in [0.4, 0.5) is 0 Å². The molecule has 2 heterocycles. The second-order valence-corrected chi connectivity index (χ2v) is 4.75. The summed E-state index contributed by atoms with van der Waals surface area (Å²) in [6, 6.07) is 5.45. The predicted octanol–water partition coefficient (Wildman–Crippen LogP) is 1.23. The first-order chi connectivity index (χ1) is 9.25. The number of aromatic nitrogens is 2. The number of rotatable bonds is 1. The zero-order valence-electron chi connectivity index (χ0n) is 10.5. The molecule has 0 aliphatic carbocycles. The summed E-state index contributed by atoms with van der Waals surface area (Å²) >= 11 is 0. The molecule has 3 rings (SSSR count). The molecule has 1 aromatic carbocycles. The van der Waals surface area contributed by atoms with Crippen molar-refractivity contribution in [1.82, 2.24) is 14.9 Å². The van der Waals surface area contributed by atoms with Crippen LogP contribution in [0.2, 0.25) is 0 Å². The molecule has 0 atom stereocenters. The van der Waals surface area contributed by atoms with Crippen LogP contribution in [0, 0.1) is 0 Å². The van der Waals surface area contributed by atoms with E-state index in [1.807, 2.05) is 12.1 Å². The van der Waals surface area contributed by atoms with Crippen molar-refractivity contribution in [3.05, 3.63) is 36.2 Å². The summed E-state index contributed by atoms with van der Waals surface area (Å²) in [5, 5.41) is 9.49. The van der Waals surface area contributed by atoms with Crippen molar-refractivity contribution in [2.75, 3.05) is 13.1 Å². The lowest BCUT2D eigenvalue weighted by molar-refractivity contribution is 0.0548. The topological polar surface area (TPSA) is 66.3 Å². The van der Waals surface area contributed by atoms with Gasteiger partial charge >= 0.3 is 0 Å². The first-order valence-electron chi connectivity index (χ1n) is 6.43. The molecule has 1 aliphatic heterocycles. The van der Waals surface area contributed by atoms with E-state index in [-0.39, 0.29) is 12.0 Å². The molecule has 2 aromatic rings. The number of aliphatic hydroxyl groups is 1. The van der Waals surface area contributed by atoms with E-state index in [4.69, 9.17) is 0 Å². The maximum Gasteiger partial charge on any atom is 0.256 e. The maximum absolute atomic E-state index is 12.5. The predicted molar refractivity (Wildman–Crippen MR) is 70.7 cm³/mol. The van der Waals surface area contributed by atoms with Crippen LogP contribution in [0.25, 0.3) is 11.0 Å². The Bertz CT molecular complexity index is 601. The molecule has 19 heavy (non-hydrogen) atoms. The van der Waals surface area contributed by atoms with Gasteiger partial charge in [-0.25, -0.2) is 0 Å². The summed E-state index contributed by atoms with van der Waals surface area (Å²) < 4.78 is 0. The van der Waals surface area contributed by atoms with Crippen molar-refractivity contribution in [2.45, 2.75) is 18.9 Å². The number of benzene rings is 1. The lowest BCUT2D eigenvalue weighted by atomic mass is 10.1. The van der Waals surface area contributed by atoms with Gasteiger partial charge in [0.2, 0.25) is 0 Å². The molecule has 0 radical (unpaired) electrons. The average Bonchev–Trinajstić information content (AvgIpc) is 2.47. The van der Waals surface area contributed by atoms with Crippen molar-refractivity contribution in [1.29, 1.82) is 0 Å². The van der Waals surface area contributed by atoms with Crippen LogP contribution >= 0.6 is 0 Å². The van der Waals surface area contributed by atoms with Gasteiger partial charge in [-0.3, -0.25) is 14.8 Å². The number of fused-ring (bicyclic) bond motifs is 1. The Kier molecular flexibility index (Phi) is 3.13. The van der Waals surface area contributed by atoms with Crippen LogP contribution in [0.5, 0.6) is 0 Å². The van der Waals surface area contributed by atoms with Gasteiger partial charge in [0, 0.05) is 25.5 Å². The van der Waals surface area contributed by atoms with E-state index in [0.717, 1.165) is 5.52 Å².